The molecule has 0 saturated heterocycles. The summed E-state index contributed by atoms with van der Waals surface area (Å²) in [6.45, 7) is 4.85. The third kappa shape index (κ3) is 3.94. The Morgan fingerprint density at radius 2 is 2.17 bits per heavy atom. The number of hydrogen-bond donors (Lipinski definition) is 1. The van der Waals surface area contributed by atoms with Crippen LogP contribution in [0.3, 0.4) is 0 Å². The van der Waals surface area contributed by atoms with E-state index in [4.69, 9.17) is 22.1 Å². The van der Waals surface area contributed by atoms with Gasteiger partial charge in [-0.05, 0) is 38.0 Å². The Morgan fingerprint density at radius 1 is 1.46 bits per heavy atom. The van der Waals surface area contributed by atoms with E-state index in [1.54, 1.807) is 17.9 Å². The van der Waals surface area contributed by atoms with E-state index >= 15 is 0 Å². The van der Waals surface area contributed by atoms with Crippen LogP contribution in [0.15, 0.2) is 18.2 Å². The number of aromatic nitrogens is 2. The summed E-state index contributed by atoms with van der Waals surface area (Å²) in [5.41, 5.74) is 8.70. The number of nitrogens with zero attached hydrogens (tertiary/aromatic N) is 2. The summed E-state index contributed by atoms with van der Waals surface area (Å²) in [5.74, 6) is -1.46. The molecule has 2 rings (SSSR count). The molecule has 0 aliphatic rings. The Labute approximate surface area is 145 Å². The van der Waals surface area contributed by atoms with Gasteiger partial charge in [0.2, 0.25) is 5.91 Å². The van der Waals surface area contributed by atoms with Crippen molar-refractivity contribution < 1.29 is 13.9 Å². The van der Waals surface area contributed by atoms with Gasteiger partial charge in [-0.15, -0.1) is 0 Å². The van der Waals surface area contributed by atoms with E-state index in [0.29, 0.717) is 25.1 Å². The van der Waals surface area contributed by atoms with Gasteiger partial charge in [-0.3, -0.25) is 9.48 Å². The van der Waals surface area contributed by atoms with E-state index in [2.05, 4.69) is 5.10 Å². The summed E-state index contributed by atoms with van der Waals surface area (Å²) < 4.78 is 20.1. The number of halogens is 2. The van der Waals surface area contributed by atoms with Gasteiger partial charge in [-0.2, -0.15) is 5.10 Å². The lowest BCUT2D eigenvalue weighted by Crippen LogP contribution is -2.24. The van der Waals surface area contributed by atoms with Gasteiger partial charge in [-0.25, -0.2) is 4.39 Å². The smallest absolute Gasteiger partial charge is 0.225 e. The maximum Gasteiger partial charge on any atom is 0.225 e. The fourth-order valence-electron chi connectivity index (χ4n) is 2.86. The van der Waals surface area contributed by atoms with E-state index in [-0.39, 0.29) is 5.02 Å². The SMILES string of the molecule is COCCn1nc(C)c(C(Cc2ccc(F)cc2Cl)C(N)=O)c1C. The topological polar surface area (TPSA) is 70.1 Å². The van der Waals surface area contributed by atoms with Gasteiger partial charge in [0.05, 0.1) is 24.8 Å². The Bertz CT molecular complexity index is 746. The highest BCUT2D eigenvalue weighted by Crippen LogP contribution is 2.29. The lowest BCUT2D eigenvalue weighted by atomic mass is 9.90. The number of nitrogens with two attached hydrogens (primary N) is 1. The molecule has 24 heavy (non-hydrogen) atoms. The molecule has 0 aliphatic carbocycles. The van der Waals surface area contributed by atoms with Crippen molar-refractivity contribution in [1.82, 2.24) is 9.78 Å². The number of hydrogen-bond acceptors (Lipinski definition) is 3. The van der Waals surface area contributed by atoms with Crippen LogP contribution >= 0.6 is 11.6 Å². The second-order valence-electron chi connectivity index (χ2n) is 5.70. The van der Waals surface area contributed by atoms with E-state index in [1.807, 2.05) is 13.8 Å². The second kappa shape index (κ2) is 7.77. The van der Waals surface area contributed by atoms with Gasteiger partial charge in [0.1, 0.15) is 5.82 Å². The molecule has 5 nitrogen and oxygen atoms in total. The Kier molecular flexibility index (Phi) is 5.96. The highest BCUT2D eigenvalue weighted by Gasteiger charge is 2.26. The number of benzene rings is 1. The first-order valence-corrected chi connectivity index (χ1v) is 7.99. The fourth-order valence-corrected chi connectivity index (χ4v) is 3.11. The number of primary amides is 1. The van der Waals surface area contributed by atoms with Crippen LogP contribution in [-0.2, 0) is 22.5 Å². The standard InChI is InChI=1S/C17H21ClFN3O2/c1-10-16(11(2)22(21-10)6-7-24-3)14(17(20)23)8-12-4-5-13(19)9-15(12)18/h4-5,9,14H,6-8H2,1-3H3,(H2,20,23). The molecule has 1 aromatic heterocycles. The fraction of sp³-hybridized carbons (Fsp3) is 0.412. The van der Waals surface area contributed by atoms with Crippen LogP contribution in [0.4, 0.5) is 4.39 Å². The number of carbonyl (C=O) groups excluding carboxylic acids is 1. The first-order chi connectivity index (χ1) is 11.3. The Hall–Kier alpha value is -1.92. The summed E-state index contributed by atoms with van der Waals surface area (Å²) in [6.07, 6.45) is 0.298. The molecule has 1 atom stereocenters. The van der Waals surface area contributed by atoms with Gasteiger partial charge < -0.3 is 10.5 Å². The van der Waals surface area contributed by atoms with Crippen LogP contribution in [0.25, 0.3) is 0 Å². The van der Waals surface area contributed by atoms with E-state index in [9.17, 15) is 9.18 Å². The molecule has 2 aromatic rings. The van der Waals surface area contributed by atoms with Crippen LogP contribution in [0.5, 0.6) is 0 Å². The van der Waals surface area contributed by atoms with Crippen molar-refractivity contribution in [3.63, 3.8) is 0 Å². The highest BCUT2D eigenvalue weighted by molar-refractivity contribution is 6.31. The van der Waals surface area contributed by atoms with Gasteiger partial charge in [0.15, 0.2) is 0 Å². The maximum absolute atomic E-state index is 13.2. The number of ether oxygens (including phenoxy) is 1. The average Bonchev–Trinajstić information content (AvgIpc) is 2.79. The van der Waals surface area contributed by atoms with Crippen molar-refractivity contribution in [1.29, 1.82) is 0 Å². The van der Waals surface area contributed by atoms with Crippen molar-refractivity contribution >= 4 is 17.5 Å². The molecular weight excluding hydrogens is 333 g/mol. The molecule has 1 aromatic carbocycles. The van der Waals surface area contributed by atoms with E-state index in [1.165, 1.54) is 12.1 Å². The van der Waals surface area contributed by atoms with Crippen molar-refractivity contribution in [2.24, 2.45) is 5.73 Å². The van der Waals surface area contributed by atoms with Crippen molar-refractivity contribution in [3.8, 4) is 0 Å². The molecule has 1 amide bonds. The monoisotopic (exact) mass is 353 g/mol. The predicted octanol–water partition coefficient (Wildman–Crippen LogP) is 2.75. The van der Waals surface area contributed by atoms with Crippen LogP contribution in [-0.4, -0.2) is 29.4 Å². The van der Waals surface area contributed by atoms with E-state index < -0.39 is 17.6 Å². The van der Waals surface area contributed by atoms with Gasteiger partial charge >= 0.3 is 0 Å². The predicted molar refractivity (Wildman–Crippen MR) is 90.6 cm³/mol. The van der Waals surface area contributed by atoms with Crippen LogP contribution in [0.1, 0.15) is 28.4 Å². The molecule has 1 heterocycles. The number of amides is 1. The zero-order valence-electron chi connectivity index (χ0n) is 14.0. The molecule has 130 valence electrons. The van der Waals surface area contributed by atoms with Crippen LogP contribution in [0, 0.1) is 19.7 Å². The minimum Gasteiger partial charge on any atom is -0.383 e. The lowest BCUT2D eigenvalue weighted by molar-refractivity contribution is -0.119. The molecule has 0 fully saturated rings. The minimum atomic E-state index is -0.579. The normalized spacial score (nSPS) is 12.4. The summed E-state index contributed by atoms with van der Waals surface area (Å²) in [4.78, 5) is 12.1. The number of carbonyl (C=O) groups is 1. The van der Waals surface area contributed by atoms with Gasteiger partial charge in [0.25, 0.3) is 0 Å². The van der Waals surface area contributed by atoms with Crippen molar-refractivity contribution in [2.75, 3.05) is 13.7 Å². The average molecular weight is 354 g/mol. The molecule has 0 aliphatic heterocycles. The number of aryl methyl sites for hydroxylation is 1. The van der Waals surface area contributed by atoms with Gasteiger partial charge in [-0.1, -0.05) is 17.7 Å². The quantitative estimate of drug-likeness (QED) is 0.832. The molecule has 1 unspecified atom stereocenters. The lowest BCUT2D eigenvalue weighted by Gasteiger charge is -2.16. The third-order valence-corrected chi connectivity index (χ3v) is 4.43. The third-order valence-electron chi connectivity index (χ3n) is 4.08. The zero-order valence-corrected chi connectivity index (χ0v) is 14.7. The summed E-state index contributed by atoms with van der Waals surface area (Å²) in [6, 6.07) is 4.13. The molecule has 0 saturated carbocycles. The zero-order chi connectivity index (χ0) is 17.9. The molecule has 0 bridgehead atoms. The van der Waals surface area contributed by atoms with Crippen molar-refractivity contribution in [3.05, 3.63) is 51.6 Å². The van der Waals surface area contributed by atoms with Crippen LogP contribution in [0.2, 0.25) is 5.02 Å². The number of rotatable bonds is 7. The Morgan fingerprint density at radius 3 is 2.75 bits per heavy atom. The molecule has 0 spiro atoms. The molecule has 7 heteroatoms. The highest BCUT2D eigenvalue weighted by atomic mass is 35.5. The summed E-state index contributed by atoms with van der Waals surface area (Å²) in [7, 11) is 1.62. The largest absolute Gasteiger partial charge is 0.383 e. The second-order valence-corrected chi connectivity index (χ2v) is 6.10. The minimum absolute atomic E-state index is 0.281. The summed E-state index contributed by atoms with van der Waals surface area (Å²) >= 11 is 6.09. The van der Waals surface area contributed by atoms with E-state index in [0.717, 1.165) is 17.0 Å². The Balaban J connectivity index is 2.37. The van der Waals surface area contributed by atoms with Gasteiger partial charge in [0, 0.05) is 23.4 Å². The summed E-state index contributed by atoms with van der Waals surface area (Å²) in [5, 5.41) is 4.75. The molecule has 2 N–H and O–H groups in total. The maximum atomic E-state index is 13.2. The van der Waals surface area contributed by atoms with Crippen molar-refractivity contribution in [2.45, 2.75) is 32.7 Å². The number of methoxy groups -OCH3 is 1. The molecular formula is C17H21ClFN3O2. The first kappa shape index (κ1) is 18.4. The first-order valence-electron chi connectivity index (χ1n) is 7.61. The van der Waals surface area contributed by atoms with Crippen LogP contribution < -0.4 is 5.73 Å². The molecule has 0 radical (unpaired) electrons.